The van der Waals surface area contributed by atoms with Crippen molar-refractivity contribution in [1.29, 1.82) is 0 Å². The number of amides is 1. The van der Waals surface area contributed by atoms with Crippen LogP contribution in [0.15, 0.2) is 11.4 Å². The van der Waals surface area contributed by atoms with Crippen molar-refractivity contribution in [2.75, 3.05) is 5.32 Å². The quantitative estimate of drug-likeness (QED) is 0.640. The molecule has 88 valence electrons. The molecule has 1 heterocycles. The molecule has 0 aliphatic carbocycles. The van der Waals surface area contributed by atoms with E-state index in [1.807, 2.05) is 0 Å². The smallest absolute Gasteiger partial charge is 0.412 e. The Morgan fingerprint density at radius 2 is 2.19 bits per heavy atom. The van der Waals surface area contributed by atoms with Gasteiger partial charge in [0.15, 0.2) is 0 Å². The fourth-order valence-corrected chi connectivity index (χ4v) is 1.62. The van der Waals surface area contributed by atoms with Crippen LogP contribution >= 0.6 is 11.3 Å². The Bertz CT molecular complexity index is 408. The number of hydrogen-bond acceptors (Lipinski definition) is 5. The Morgan fingerprint density at radius 3 is 2.69 bits per heavy atom. The van der Waals surface area contributed by atoms with Crippen LogP contribution in [-0.2, 0) is 4.74 Å². The maximum atomic E-state index is 11.3. The van der Waals surface area contributed by atoms with E-state index in [4.69, 9.17) is 4.74 Å². The molecule has 0 aromatic carbocycles. The molecule has 0 unspecified atom stereocenters. The highest BCUT2D eigenvalue weighted by Gasteiger charge is 2.21. The zero-order valence-electron chi connectivity index (χ0n) is 9.14. The summed E-state index contributed by atoms with van der Waals surface area (Å²) in [6, 6.07) is 1.46. The predicted octanol–water partition coefficient (Wildman–Crippen LogP) is 3.00. The summed E-state index contributed by atoms with van der Waals surface area (Å²) in [5.74, 6) is 0. The van der Waals surface area contributed by atoms with E-state index < -0.39 is 16.6 Å². The standard InChI is InChI=1S/C9H12N2O4S/c1-9(2,3)15-8(12)10-6-4-5-16-7(6)11(13)14/h4-5H,1-3H3,(H,10,12). The van der Waals surface area contributed by atoms with Crippen LogP contribution in [0, 0.1) is 10.1 Å². The van der Waals surface area contributed by atoms with Crippen LogP contribution in [0.5, 0.6) is 0 Å². The van der Waals surface area contributed by atoms with Gasteiger partial charge in [-0.3, -0.25) is 15.4 Å². The molecule has 1 aromatic rings. The Hall–Kier alpha value is -1.63. The second-order valence-corrected chi connectivity index (χ2v) is 4.92. The van der Waals surface area contributed by atoms with Crippen LogP contribution in [0.3, 0.4) is 0 Å². The van der Waals surface area contributed by atoms with Gasteiger partial charge in [-0.15, -0.1) is 0 Å². The number of ether oxygens (including phenoxy) is 1. The molecule has 0 saturated heterocycles. The number of carbonyl (C=O) groups is 1. The van der Waals surface area contributed by atoms with Crippen LogP contribution in [0.1, 0.15) is 20.8 Å². The Labute approximate surface area is 96.4 Å². The molecule has 0 bridgehead atoms. The lowest BCUT2D eigenvalue weighted by Crippen LogP contribution is -2.27. The lowest BCUT2D eigenvalue weighted by molar-refractivity contribution is -0.379. The van der Waals surface area contributed by atoms with Crippen LogP contribution in [0.2, 0.25) is 0 Å². The number of carbonyl (C=O) groups excluding carboxylic acids is 1. The van der Waals surface area contributed by atoms with Gasteiger partial charge >= 0.3 is 11.1 Å². The van der Waals surface area contributed by atoms with E-state index in [0.717, 1.165) is 11.3 Å². The Morgan fingerprint density at radius 1 is 1.56 bits per heavy atom. The molecule has 16 heavy (non-hydrogen) atoms. The number of nitrogens with zero attached hydrogens (tertiary/aromatic N) is 1. The second kappa shape index (κ2) is 4.48. The lowest BCUT2D eigenvalue weighted by Gasteiger charge is -2.19. The number of thiophene rings is 1. The summed E-state index contributed by atoms with van der Waals surface area (Å²) in [6.45, 7) is 5.15. The van der Waals surface area contributed by atoms with Crippen molar-refractivity contribution < 1.29 is 14.5 Å². The van der Waals surface area contributed by atoms with Gasteiger partial charge in [-0.25, -0.2) is 4.79 Å². The molecule has 0 aliphatic heterocycles. The lowest BCUT2D eigenvalue weighted by atomic mass is 10.2. The molecule has 0 atom stereocenters. The molecule has 0 saturated carbocycles. The molecule has 0 spiro atoms. The van der Waals surface area contributed by atoms with Gasteiger partial charge in [0.2, 0.25) is 0 Å². The summed E-state index contributed by atoms with van der Waals surface area (Å²) in [7, 11) is 0. The first kappa shape index (κ1) is 12.4. The molecule has 1 N–H and O–H groups in total. The highest BCUT2D eigenvalue weighted by atomic mass is 32.1. The summed E-state index contributed by atoms with van der Waals surface area (Å²) < 4.78 is 4.98. The summed E-state index contributed by atoms with van der Waals surface area (Å²) in [6.07, 6.45) is -0.700. The summed E-state index contributed by atoms with van der Waals surface area (Å²) >= 11 is 0.948. The van der Waals surface area contributed by atoms with E-state index in [0.29, 0.717) is 0 Å². The van der Waals surface area contributed by atoms with Crippen molar-refractivity contribution in [2.45, 2.75) is 26.4 Å². The molecule has 7 heteroatoms. The third-order valence-electron chi connectivity index (χ3n) is 1.45. The predicted molar refractivity (Wildman–Crippen MR) is 60.8 cm³/mol. The first-order valence-corrected chi connectivity index (χ1v) is 5.39. The van der Waals surface area contributed by atoms with E-state index in [1.165, 1.54) is 11.4 Å². The minimum atomic E-state index is -0.700. The normalized spacial score (nSPS) is 10.9. The summed E-state index contributed by atoms with van der Waals surface area (Å²) in [5.41, 5.74) is -0.473. The van der Waals surface area contributed by atoms with E-state index in [1.54, 1.807) is 20.8 Å². The van der Waals surface area contributed by atoms with Crippen molar-refractivity contribution in [3.63, 3.8) is 0 Å². The van der Waals surface area contributed by atoms with Crippen LogP contribution < -0.4 is 5.32 Å². The topological polar surface area (TPSA) is 81.5 Å². The monoisotopic (exact) mass is 244 g/mol. The average molecular weight is 244 g/mol. The average Bonchev–Trinajstić information content (AvgIpc) is 2.47. The summed E-state index contributed by atoms with van der Waals surface area (Å²) in [5, 5.41) is 14.3. The van der Waals surface area contributed by atoms with Crippen LogP contribution in [0.25, 0.3) is 0 Å². The van der Waals surface area contributed by atoms with Crippen molar-refractivity contribution in [3.05, 3.63) is 21.6 Å². The number of nitrogens with one attached hydrogen (secondary N) is 1. The van der Waals surface area contributed by atoms with Gasteiger partial charge in [-0.1, -0.05) is 11.3 Å². The zero-order valence-corrected chi connectivity index (χ0v) is 9.96. The molecule has 0 radical (unpaired) electrons. The van der Waals surface area contributed by atoms with E-state index in [9.17, 15) is 14.9 Å². The first-order valence-electron chi connectivity index (χ1n) is 4.51. The SMILES string of the molecule is CC(C)(C)OC(=O)Nc1ccsc1[N+](=O)[O-]. The Kier molecular flexibility index (Phi) is 3.48. The van der Waals surface area contributed by atoms with Gasteiger partial charge in [-0.2, -0.15) is 0 Å². The Balaban J connectivity index is 2.70. The van der Waals surface area contributed by atoms with Crippen LogP contribution in [-0.4, -0.2) is 16.6 Å². The highest BCUT2D eigenvalue weighted by Crippen LogP contribution is 2.30. The van der Waals surface area contributed by atoms with Gasteiger partial charge in [0.05, 0.1) is 4.92 Å². The molecule has 1 amide bonds. The third kappa shape index (κ3) is 3.50. The highest BCUT2D eigenvalue weighted by molar-refractivity contribution is 7.14. The van der Waals surface area contributed by atoms with Gasteiger partial charge in [-0.05, 0) is 32.2 Å². The van der Waals surface area contributed by atoms with Gasteiger partial charge in [0.25, 0.3) is 0 Å². The van der Waals surface area contributed by atoms with Crippen molar-refractivity contribution in [2.24, 2.45) is 0 Å². The van der Waals surface area contributed by atoms with Gasteiger partial charge < -0.3 is 4.74 Å². The van der Waals surface area contributed by atoms with Crippen molar-refractivity contribution in [3.8, 4) is 0 Å². The largest absolute Gasteiger partial charge is 0.444 e. The first-order chi connectivity index (χ1) is 7.29. The molecule has 1 aromatic heterocycles. The number of hydrogen-bond donors (Lipinski definition) is 1. The number of anilines is 1. The minimum absolute atomic E-state index is 0.106. The zero-order chi connectivity index (χ0) is 12.3. The number of rotatable bonds is 2. The maximum Gasteiger partial charge on any atom is 0.412 e. The molecular formula is C9H12N2O4S. The summed E-state index contributed by atoms with van der Waals surface area (Å²) in [4.78, 5) is 21.4. The maximum absolute atomic E-state index is 11.3. The second-order valence-electron chi connectivity index (χ2n) is 4.02. The minimum Gasteiger partial charge on any atom is -0.444 e. The van der Waals surface area contributed by atoms with E-state index in [2.05, 4.69) is 5.32 Å². The van der Waals surface area contributed by atoms with Gasteiger partial charge in [0, 0.05) is 0 Å². The van der Waals surface area contributed by atoms with Crippen LogP contribution in [0.4, 0.5) is 15.5 Å². The molecule has 1 rings (SSSR count). The third-order valence-corrected chi connectivity index (χ3v) is 2.31. The molecule has 0 aliphatic rings. The van der Waals surface area contributed by atoms with E-state index in [-0.39, 0.29) is 10.7 Å². The van der Waals surface area contributed by atoms with Gasteiger partial charge in [0.1, 0.15) is 11.3 Å². The molecule has 0 fully saturated rings. The van der Waals surface area contributed by atoms with E-state index >= 15 is 0 Å². The molecular weight excluding hydrogens is 232 g/mol. The molecule has 6 nitrogen and oxygen atoms in total. The number of nitro groups is 1. The fourth-order valence-electron chi connectivity index (χ4n) is 0.951. The van der Waals surface area contributed by atoms with Crippen molar-refractivity contribution >= 4 is 28.1 Å². The fraction of sp³-hybridized carbons (Fsp3) is 0.444. The van der Waals surface area contributed by atoms with Crippen molar-refractivity contribution in [1.82, 2.24) is 0 Å².